The lowest BCUT2D eigenvalue weighted by Gasteiger charge is -2.30. The summed E-state index contributed by atoms with van der Waals surface area (Å²) >= 11 is 1.99. The van der Waals surface area contributed by atoms with Gasteiger partial charge in [-0.25, -0.2) is 0 Å². The van der Waals surface area contributed by atoms with Crippen molar-refractivity contribution in [3.63, 3.8) is 0 Å². The summed E-state index contributed by atoms with van der Waals surface area (Å²) in [5.41, 5.74) is 0.609. The SMILES string of the molecule is CSCCCC(C)(CNC1CC1)C1CC1. The Bertz CT molecular complexity index is 199. The molecule has 0 radical (unpaired) electrons. The Morgan fingerprint density at radius 1 is 1.27 bits per heavy atom. The zero-order valence-electron chi connectivity index (χ0n) is 10.2. The zero-order valence-corrected chi connectivity index (χ0v) is 11.0. The molecule has 0 heterocycles. The van der Waals surface area contributed by atoms with Crippen molar-refractivity contribution >= 4 is 11.8 Å². The van der Waals surface area contributed by atoms with E-state index in [9.17, 15) is 0 Å². The summed E-state index contributed by atoms with van der Waals surface area (Å²) < 4.78 is 0. The first-order chi connectivity index (χ1) is 7.24. The molecule has 1 atom stereocenters. The molecule has 2 fully saturated rings. The van der Waals surface area contributed by atoms with Gasteiger partial charge >= 0.3 is 0 Å². The Morgan fingerprint density at radius 2 is 2.00 bits per heavy atom. The highest BCUT2D eigenvalue weighted by molar-refractivity contribution is 7.98. The van der Waals surface area contributed by atoms with Gasteiger partial charge in [-0.15, -0.1) is 0 Å². The van der Waals surface area contributed by atoms with Crippen molar-refractivity contribution in [2.75, 3.05) is 18.6 Å². The van der Waals surface area contributed by atoms with Crippen molar-refractivity contribution < 1.29 is 0 Å². The fourth-order valence-electron chi connectivity index (χ4n) is 2.50. The molecular weight excluding hydrogens is 202 g/mol. The second-order valence-corrected chi connectivity index (χ2v) is 6.67. The van der Waals surface area contributed by atoms with E-state index in [1.165, 1.54) is 50.8 Å². The average Bonchev–Trinajstić information content (AvgIpc) is 3.04. The van der Waals surface area contributed by atoms with Gasteiger partial charge in [-0.05, 0) is 61.9 Å². The van der Waals surface area contributed by atoms with Gasteiger partial charge in [0, 0.05) is 12.6 Å². The van der Waals surface area contributed by atoms with Crippen LogP contribution in [0, 0.1) is 11.3 Å². The molecule has 0 saturated heterocycles. The van der Waals surface area contributed by atoms with E-state index in [1.54, 1.807) is 0 Å². The van der Waals surface area contributed by atoms with Gasteiger partial charge in [0.25, 0.3) is 0 Å². The summed E-state index contributed by atoms with van der Waals surface area (Å²) in [6.07, 6.45) is 10.9. The van der Waals surface area contributed by atoms with Crippen LogP contribution in [0.15, 0.2) is 0 Å². The van der Waals surface area contributed by atoms with Gasteiger partial charge in [0.1, 0.15) is 0 Å². The molecule has 1 unspecified atom stereocenters. The second kappa shape index (κ2) is 5.09. The third kappa shape index (κ3) is 3.67. The molecule has 2 rings (SSSR count). The number of thioether (sulfide) groups is 1. The highest BCUT2D eigenvalue weighted by atomic mass is 32.2. The van der Waals surface area contributed by atoms with Crippen LogP contribution in [-0.4, -0.2) is 24.6 Å². The third-order valence-electron chi connectivity index (χ3n) is 4.03. The normalized spacial score (nSPS) is 25.2. The summed E-state index contributed by atoms with van der Waals surface area (Å²) in [5, 5.41) is 3.74. The minimum Gasteiger partial charge on any atom is -0.313 e. The summed E-state index contributed by atoms with van der Waals surface area (Å²) in [5.74, 6) is 2.37. The first-order valence-corrected chi connectivity index (χ1v) is 7.86. The summed E-state index contributed by atoms with van der Waals surface area (Å²) in [4.78, 5) is 0. The lowest BCUT2D eigenvalue weighted by atomic mass is 9.80. The standard InChI is InChI=1S/C13H25NS/c1-13(11-4-5-11,8-3-9-15-2)10-14-12-6-7-12/h11-12,14H,3-10H2,1-2H3. The molecule has 1 N–H and O–H groups in total. The van der Waals surface area contributed by atoms with Crippen LogP contribution >= 0.6 is 11.8 Å². The highest BCUT2D eigenvalue weighted by Gasteiger charge is 2.41. The molecule has 1 nitrogen and oxygen atoms in total. The summed E-state index contributed by atoms with van der Waals surface area (Å²) in [7, 11) is 0. The van der Waals surface area contributed by atoms with Gasteiger partial charge in [-0.3, -0.25) is 0 Å². The molecule has 0 spiro atoms. The zero-order chi connectivity index (χ0) is 10.7. The maximum absolute atomic E-state index is 3.74. The van der Waals surface area contributed by atoms with Gasteiger partial charge in [-0.2, -0.15) is 11.8 Å². The molecular formula is C13H25NS. The smallest absolute Gasteiger partial charge is 0.00684 e. The number of hydrogen-bond acceptors (Lipinski definition) is 2. The molecule has 2 heteroatoms. The Kier molecular flexibility index (Phi) is 4.00. The Hall–Kier alpha value is 0.310. The predicted octanol–water partition coefficient (Wildman–Crippen LogP) is 3.30. The van der Waals surface area contributed by atoms with Crippen LogP contribution in [0.5, 0.6) is 0 Å². The number of rotatable bonds is 8. The second-order valence-electron chi connectivity index (χ2n) is 5.68. The Morgan fingerprint density at radius 3 is 2.53 bits per heavy atom. The molecule has 2 aliphatic rings. The lowest BCUT2D eigenvalue weighted by Crippen LogP contribution is -2.35. The summed E-state index contributed by atoms with van der Waals surface area (Å²) in [6.45, 7) is 3.79. The largest absolute Gasteiger partial charge is 0.313 e. The van der Waals surface area contributed by atoms with Crippen LogP contribution in [0.2, 0.25) is 0 Å². The number of nitrogens with one attached hydrogen (secondary N) is 1. The molecule has 0 aromatic carbocycles. The van der Waals surface area contributed by atoms with Gasteiger partial charge in [0.05, 0.1) is 0 Å². The van der Waals surface area contributed by atoms with E-state index in [0.717, 1.165) is 12.0 Å². The molecule has 0 aromatic heterocycles. The minimum atomic E-state index is 0.609. The Labute approximate surface area is 98.8 Å². The van der Waals surface area contributed by atoms with Gasteiger partial charge in [-0.1, -0.05) is 6.92 Å². The highest BCUT2D eigenvalue weighted by Crippen LogP contribution is 2.48. The lowest BCUT2D eigenvalue weighted by molar-refractivity contribution is 0.234. The molecule has 0 aliphatic heterocycles. The maximum Gasteiger partial charge on any atom is 0.00684 e. The van der Waals surface area contributed by atoms with E-state index in [4.69, 9.17) is 0 Å². The van der Waals surface area contributed by atoms with E-state index in [1.807, 2.05) is 11.8 Å². The topological polar surface area (TPSA) is 12.0 Å². The third-order valence-corrected chi connectivity index (χ3v) is 4.73. The van der Waals surface area contributed by atoms with E-state index in [-0.39, 0.29) is 0 Å². The quantitative estimate of drug-likeness (QED) is 0.639. The van der Waals surface area contributed by atoms with Gasteiger partial charge in [0.2, 0.25) is 0 Å². The van der Waals surface area contributed by atoms with Crippen molar-refractivity contribution in [3.8, 4) is 0 Å². The molecule has 15 heavy (non-hydrogen) atoms. The molecule has 2 saturated carbocycles. The van der Waals surface area contributed by atoms with Gasteiger partial charge < -0.3 is 5.32 Å². The molecule has 0 amide bonds. The van der Waals surface area contributed by atoms with E-state index in [0.29, 0.717) is 5.41 Å². The summed E-state index contributed by atoms with van der Waals surface area (Å²) in [6, 6.07) is 0.878. The van der Waals surface area contributed by atoms with Crippen LogP contribution in [0.25, 0.3) is 0 Å². The van der Waals surface area contributed by atoms with Crippen LogP contribution in [-0.2, 0) is 0 Å². The van der Waals surface area contributed by atoms with Crippen LogP contribution in [0.4, 0.5) is 0 Å². The average molecular weight is 227 g/mol. The minimum absolute atomic E-state index is 0.609. The van der Waals surface area contributed by atoms with Crippen molar-refractivity contribution in [2.24, 2.45) is 11.3 Å². The molecule has 88 valence electrons. The fourth-order valence-corrected chi connectivity index (χ4v) is 2.94. The van der Waals surface area contributed by atoms with Crippen molar-refractivity contribution in [1.82, 2.24) is 5.32 Å². The first-order valence-electron chi connectivity index (χ1n) is 6.47. The first kappa shape index (κ1) is 11.8. The van der Waals surface area contributed by atoms with Gasteiger partial charge in [0.15, 0.2) is 0 Å². The van der Waals surface area contributed by atoms with E-state index >= 15 is 0 Å². The molecule has 2 aliphatic carbocycles. The van der Waals surface area contributed by atoms with Crippen molar-refractivity contribution in [1.29, 1.82) is 0 Å². The van der Waals surface area contributed by atoms with E-state index in [2.05, 4.69) is 18.5 Å². The van der Waals surface area contributed by atoms with Crippen LogP contribution in [0.3, 0.4) is 0 Å². The fraction of sp³-hybridized carbons (Fsp3) is 1.00. The molecule has 0 aromatic rings. The Balaban J connectivity index is 1.73. The van der Waals surface area contributed by atoms with Crippen molar-refractivity contribution in [2.45, 2.75) is 51.5 Å². The van der Waals surface area contributed by atoms with E-state index < -0.39 is 0 Å². The predicted molar refractivity (Wildman–Crippen MR) is 69.5 cm³/mol. The van der Waals surface area contributed by atoms with Crippen LogP contribution < -0.4 is 5.32 Å². The number of hydrogen-bond donors (Lipinski definition) is 1. The monoisotopic (exact) mass is 227 g/mol. The van der Waals surface area contributed by atoms with Crippen LogP contribution in [0.1, 0.15) is 45.4 Å². The molecule has 0 bridgehead atoms. The van der Waals surface area contributed by atoms with Crippen molar-refractivity contribution in [3.05, 3.63) is 0 Å². The maximum atomic E-state index is 3.74.